The van der Waals surface area contributed by atoms with Crippen LogP contribution in [-0.2, 0) is 17.9 Å². The van der Waals surface area contributed by atoms with Gasteiger partial charge >= 0.3 is 0 Å². The Hall–Kier alpha value is -2.34. The first kappa shape index (κ1) is 19.4. The predicted octanol–water partition coefficient (Wildman–Crippen LogP) is 2.30. The molecule has 0 spiro atoms. The third-order valence-electron chi connectivity index (χ3n) is 5.30. The van der Waals surface area contributed by atoms with Gasteiger partial charge in [-0.15, -0.1) is 0 Å². The van der Waals surface area contributed by atoms with E-state index < -0.39 is 0 Å². The normalized spacial score (nSPS) is 15.2. The highest BCUT2D eigenvalue weighted by Gasteiger charge is 2.21. The van der Waals surface area contributed by atoms with Crippen molar-refractivity contribution in [3.05, 3.63) is 47.3 Å². The Morgan fingerprint density at radius 3 is 2.56 bits per heavy atom. The van der Waals surface area contributed by atoms with Gasteiger partial charge in [0.25, 0.3) is 0 Å². The molecule has 1 fully saturated rings. The largest absolute Gasteiger partial charge is 0.369 e. The van der Waals surface area contributed by atoms with E-state index in [0.717, 1.165) is 44.0 Å². The summed E-state index contributed by atoms with van der Waals surface area (Å²) in [7, 11) is 1.88. The molecular formula is C21H31N5O. The maximum atomic E-state index is 12.6. The first-order valence-electron chi connectivity index (χ1n) is 9.77. The number of hydrogen-bond donors (Lipinski definition) is 0. The van der Waals surface area contributed by atoms with Crippen molar-refractivity contribution in [1.29, 1.82) is 0 Å². The van der Waals surface area contributed by atoms with Crippen LogP contribution < -0.4 is 4.90 Å². The number of carbonyl (C=O) groups excluding carboxylic acids is 1. The van der Waals surface area contributed by atoms with E-state index in [2.05, 4.69) is 53.0 Å². The Morgan fingerprint density at radius 1 is 1.19 bits per heavy atom. The minimum absolute atomic E-state index is 0.169. The highest BCUT2D eigenvalue weighted by Crippen LogP contribution is 2.18. The van der Waals surface area contributed by atoms with E-state index >= 15 is 0 Å². The molecule has 1 aromatic carbocycles. The number of piperazine rings is 1. The molecule has 0 saturated carbocycles. The van der Waals surface area contributed by atoms with E-state index in [0.29, 0.717) is 13.1 Å². The Kier molecular flexibility index (Phi) is 6.16. The maximum Gasteiger partial charge on any atom is 0.236 e. The van der Waals surface area contributed by atoms with Crippen molar-refractivity contribution in [2.45, 2.75) is 33.9 Å². The van der Waals surface area contributed by atoms with Crippen LogP contribution in [0.3, 0.4) is 0 Å². The molecule has 146 valence electrons. The van der Waals surface area contributed by atoms with Gasteiger partial charge in [0.05, 0.1) is 12.2 Å². The molecule has 1 aliphatic rings. The van der Waals surface area contributed by atoms with E-state index in [4.69, 9.17) is 0 Å². The summed E-state index contributed by atoms with van der Waals surface area (Å²) in [6.07, 6.45) is 2.04. The number of likely N-dealkylation sites (N-methyl/N-ethyl adjacent to an activating group) is 1. The lowest BCUT2D eigenvalue weighted by molar-refractivity contribution is -0.131. The van der Waals surface area contributed by atoms with Crippen LogP contribution in [0.15, 0.2) is 30.5 Å². The van der Waals surface area contributed by atoms with Gasteiger partial charge in [-0.2, -0.15) is 5.10 Å². The Labute approximate surface area is 162 Å². The molecule has 1 aromatic heterocycles. The van der Waals surface area contributed by atoms with Gasteiger partial charge in [0.15, 0.2) is 0 Å². The van der Waals surface area contributed by atoms with Crippen molar-refractivity contribution in [2.24, 2.45) is 0 Å². The number of anilines is 1. The van der Waals surface area contributed by atoms with Crippen molar-refractivity contribution < 1.29 is 4.79 Å². The Morgan fingerprint density at radius 2 is 1.93 bits per heavy atom. The third kappa shape index (κ3) is 4.89. The predicted molar refractivity (Wildman–Crippen MR) is 109 cm³/mol. The van der Waals surface area contributed by atoms with Crippen LogP contribution in [0.5, 0.6) is 0 Å². The van der Waals surface area contributed by atoms with Gasteiger partial charge in [-0.25, -0.2) is 0 Å². The molecule has 27 heavy (non-hydrogen) atoms. The van der Waals surface area contributed by atoms with E-state index in [9.17, 15) is 4.79 Å². The van der Waals surface area contributed by atoms with E-state index in [1.54, 1.807) is 0 Å². The molecule has 1 saturated heterocycles. The topological polar surface area (TPSA) is 44.6 Å². The third-order valence-corrected chi connectivity index (χ3v) is 5.30. The lowest BCUT2D eigenvalue weighted by Crippen LogP contribution is -2.49. The standard InChI is InChI=1S/C21H31N5O/c1-5-26-15-19(18(3)22-26)14-23(4)21(27)16-24-9-11-25(12-10-24)20-8-6-7-17(2)13-20/h6-8,13,15H,5,9-12,14,16H2,1-4H3. The summed E-state index contributed by atoms with van der Waals surface area (Å²) >= 11 is 0. The minimum atomic E-state index is 0.169. The second-order valence-electron chi connectivity index (χ2n) is 7.45. The van der Waals surface area contributed by atoms with Gasteiger partial charge < -0.3 is 9.80 Å². The van der Waals surface area contributed by atoms with Crippen molar-refractivity contribution in [3.63, 3.8) is 0 Å². The van der Waals surface area contributed by atoms with Gasteiger partial charge in [0, 0.05) is 63.8 Å². The van der Waals surface area contributed by atoms with Gasteiger partial charge in [0.2, 0.25) is 5.91 Å². The molecule has 1 amide bonds. The first-order chi connectivity index (χ1) is 13.0. The van der Waals surface area contributed by atoms with Crippen LogP contribution in [0.25, 0.3) is 0 Å². The molecule has 3 rings (SSSR count). The summed E-state index contributed by atoms with van der Waals surface area (Å²) in [4.78, 5) is 19.1. The molecule has 6 nitrogen and oxygen atoms in total. The van der Waals surface area contributed by atoms with Crippen LogP contribution in [0, 0.1) is 13.8 Å². The fourth-order valence-electron chi connectivity index (χ4n) is 3.52. The molecule has 0 unspecified atom stereocenters. The number of aromatic nitrogens is 2. The minimum Gasteiger partial charge on any atom is -0.369 e. The average molecular weight is 370 g/mol. The number of carbonyl (C=O) groups is 1. The molecule has 1 aliphatic heterocycles. The van der Waals surface area contributed by atoms with Crippen LogP contribution in [0.2, 0.25) is 0 Å². The summed E-state index contributed by atoms with van der Waals surface area (Å²) in [5, 5.41) is 4.46. The zero-order valence-electron chi connectivity index (χ0n) is 17.0. The SMILES string of the molecule is CCn1cc(CN(C)C(=O)CN2CCN(c3cccc(C)c3)CC2)c(C)n1. The van der Waals surface area contributed by atoms with Gasteiger partial charge in [0.1, 0.15) is 0 Å². The highest BCUT2D eigenvalue weighted by atomic mass is 16.2. The summed E-state index contributed by atoms with van der Waals surface area (Å²) in [6, 6.07) is 8.63. The number of benzene rings is 1. The van der Waals surface area contributed by atoms with Crippen LogP contribution in [0.4, 0.5) is 5.69 Å². The smallest absolute Gasteiger partial charge is 0.236 e. The number of rotatable bonds is 6. The molecule has 0 aliphatic carbocycles. The second kappa shape index (κ2) is 8.57. The molecule has 2 aromatic rings. The molecule has 2 heterocycles. The van der Waals surface area contributed by atoms with E-state index in [-0.39, 0.29) is 5.91 Å². The average Bonchev–Trinajstić information content (AvgIpc) is 3.02. The fourth-order valence-corrected chi connectivity index (χ4v) is 3.52. The summed E-state index contributed by atoms with van der Waals surface area (Å²) in [6.45, 7) is 11.9. The van der Waals surface area contributed by atoms with Crippen molar-refractivity contribution in [1.82, 2.24) is 19.6 Å². The summed E-state index contributed by atoms with van der Waals surface area (Å²) in [5.74, 6) is 0.169. The highest BCUT2D eigenvalue weighted by molar-refractivity contribution is 5.78. The van der Waals surface area contributed by atoms with Crippen molar-refractivity contribution >= 4 is 11.6 Å². The van der Waals surface area contributed by atoms with E-state index in [1.807, 2.05) is 29.7 Å². The summed E-state index contributed by atoms with van der Waals surface area (Å²) in [5.41, 5.74) is 4.69. The first-order valence-corrected chi connectivity index (χ1v) is 9.77. The molecule has 0 atom stereocenters. The fraction of sp³-hybridized carbons (Fsp3) is 0.524. The van der Waals surface area contributed by atoms with Crippen molar-refractivity contribution in [2.75, 3.05) is 44.7 Å². The van der Waals surface area contributed by atoms with Gasteiger partial charge in [-0.3, -0.25) is 14.4 Å². The number of nitrogens with zero attached hydrogens (tertiary/aromatic N) is 5. The lowest BCUT2D eigenvalue weighted by Gasteiger charge is -2.36. The zero-order valence-corrected chi connectivity index (χ0v) is 17.0. The lowest BCUT2D eigenvalue weighted by atomic mass is 10.2. The monoisotopic (exact) mass is 369 g/mol. The van der Waals surface area contributed by atoms with Crippen LogP contribution in [0.1, 0.15) is 23.7 Å². The Bertz CT molecular complexity index is 777. The molecular weight excluding hydrogens is 338 g/mol. The second-order valence-corrected chi connectivity index (χ2v) is 7.45. The van der Waals surface area contributed by atoms with Crippen LogP contribution in [-0.4, -0.2) is 65.3 Å². The van der Waals surface area contributed by atoms with E-state index in [1.165, 1.54) is 11.3 Å². The summed E-state index contributed by atoms with van der Waals surface area (Å²) < 4.78 is 1.92. The van der Waals surface area contributed by atoms with Crippen molar-refractivity contribution in [3.8, 4) is 0 Å². The molecule has 0 N–H and O–H groups in total. The Balaban J connectivity index is 1.49. The number of aryl methyl sites for hydroxylation is 3. The quantitative estimate of drug-likeness (QED) is 0.784. The van der Waals surface area contributed by atoms with Gasteiger partial charge in [-0.05, 0) is 38.5 Å². The van der Waals surface area contributed by atoms with Crippen LogP contribution >= 0.6 is 0 Å². The number of amides is 1. The zero-order chi connectivity index (χ0) is 19.4. The molecule has 0 bridgehead atoms. The number of hydrogen-bond acceptors (Lipinski definition) is 4. The maximum absolute atomic E-state index is 12.6. The van der Waals surface area contributed by atoms with Gasteiger partial charge in [-0.1, -0.05) is 12.1 Å². The molecule has 6 heteroatoms. The molecule has 0 radical (unpaired) electrons.